The molecule has 2 aromatic carbocycles. The van der Waals surface area contributed by atoms with E-state index in [1.165, 1.54) is 5.01 Å². The second-order valence-corrected chi connectivity index (χ2v) is 9.23. The zero-order valence-corrected chi connectivity index (χ0v) is 20.6. The molecule has 0 radical (unpaired) electrons. The largest absolute Gasteiger partial charge is 0.497 e. The van der Waals surface area contributed by atoms with Gasteiger partial charge in [0.2, 0.25) is 12.7 Å². The molecule has 0 bridgehead atoms. The average molecular weight is 494 g/mol. The summed E-state index contributed by atoms with van der Waals surface area (Å²) < 4.78 is 21.5. The van der Waals surface area contributed by atoms with Crippen molar-refractivity contribution in [1.82, 2.24) is 9.91 Å². The lowest BCUT2D eigenvalue weighted by molar-refractivity contribution is -0.146. The molecule has 0 N–H and O–H groups in total. The number of carbonyl (C=O) groups excluding carboxylic acids is 2. The summed E-state index contributed by atoms with van der Waals surface area (Å²) >= 11 is 0. The lowest BCUT2D eigenvalue weighted by Crippen LogP contribution is -2.46. The summed E-state index contributed by atoms with van der Waals surface area (Å²) in [5.74, 6) is 1.87. The van der Waals surface area contributed by atoms with Gasteiger partial charge in [-0.3, -0.25) is 9.59 Å². The minimum absolute atomic E-state index is 0.00347. The number of nitrogens with zero attached hydrogens (tertiary/aromatic N) is 3. The number of hydrogen-bond donors (Lipinski definition) is 0. The minimum atomic E-state index is -0.327. The first kappa shape index (κ1) is 24.1. The molecule has 2 aliphatic heterocycles. The predicted octanol–water partition coefficient (Wildman–Crippen LogP) is 3.38. The minimum Gasteiger partial charge on any atom is -0.497 e. The Morgan fingerprint density at radius 2 is 1.86 bits per heavy atom. The lowest BCUT2D eigenvalue weighted by Gasteiger charge is -2.32. The predicted molar refractivity (Wildman–Crippen MR) is 132 cm³/mol. The van der Waals surface area contributed by atoms with Crippen LogP contribution in [0.4, 0.5) is 0 Å². The van der Waals surface area contributed by atoms with Crippen molar-refractivity contribution in [2.75, 3.05) is 40.7 Å². The molecule has 36 heavy (non-hydrogen) atoms. The Morgan fingerprint density at radius 3 is 2.56 bits per heavy atom. The molecule has 2 aromatic rings. The lowest BCUT2D eigenvalue weighted by atomic mass is 9.84. The molecule has 0 spiro atoms. The average Bonchev–Trinajstić information content (AvgIpc) is 3.52. The summed E-state index contributed by atoms with van der Waals surface area (Å²) in [6.07, 6.45) is 3.34. The normalized spacial score (nSPS) is 18.6. The number of hydrazone groups is 1. The Labute approximate surface area is 210 Å². The van der Waals surface area contributed by atoms with Gasteiger partial charge in [0.25, 0.3) is 5.91 Å². The van der Waals surface area contributed by atoms with Gasteiger partial charge in [-0.25, -0.2) is 5.01 Å². The maximum absolute atomic E-state index is 13.7. The Kier molecular flexibility index (Phi) is 7.09. The Hall–Kier alpha value is -3.59. The summed E-state index contributed by atoms with van der Waals surface area (Å²) in [7, 11) is 3.22. The van der Waals surface area contributed by atoms with E-state index in [2.05, 4.69) is 0 Å². The van der Waals surface area contributed by atoms with Crippen LogP contribution < -0.4 is 14.2 Å². The molecule has 2 heterocycles. The number of rotatable bonds is 9. The zero-order valence-electron chi connectivity index (χ0n) is 20.6. The van der Waals surface area contributed by atoms with Gasteiger partial charge in [0, 0.05) is 26.0 Å². The maximum atomic E-state index is 13.7. The smallest absolute Gasteiger partial charge is 0.262 e. The molecule has 1 aliphatic carbocycles. The summed E-state index contributed by atoms with van der Waals surface area (Å²) in [6, 6.07) is 13.0. The highest BCUT2D eigenvalue weighted by Crippen LogP contribution is 2.39. The fourth-order valence-corrected chi connectivity index (χ4v) is 4.70. The first-order chi connectivity index (χ1) is 17.6. The monoisotopic (exact) mass is 493 g/mol. The third kappa shape index (κ3) is 4.88. The van der Waals surface area contributed by atoms with Crippen molar-refractivity contribution in [1.29, 1.82) is 0 Å². The van der Waals surface area contributed by atoms with E-state index in [0.29, 0.717) is 31.1 Å². The Balaban J connectivity index is 1.42. The number of fused-ring (bicyclic) bond motifs is 1. The molecule has 1 fully saturated rings. The van der Waals surface area contributed by atoms with Gasteiger partial charge >= 0.3 is 0 Å². The van der Waals surface area contributed by atoms with Crippen LogP contribution in [0.15, 0.2) is 47.6 Å². The number of benzene rings is 2. The fraction of sp³-hybridized carbons (Fsp3) is 0.444. The van der Waals surface area contributed by atoms with Crippen LogP contribution in [-0.2, 0) is 14.3 Å². The van der Waals surface area contributed by atoms with E-state index in [1.807, 2.05) is 42.5 Å². The van der Waals surface area contributed by atoms with Crippen molar-refractivity contribution in [3.8, 4) is 17.2 Å². The van der Waals surface area contributed by atoms with Crippen LogP contribution in [0.3, 0.4) is 0 Å². The molecule has 0 aromatic heterocycles. The van der Waals surface area contributed by atoms with Gasteiger partial charge in [0.05, 0.1) is 25.5 Å². The number of hydrogen-bond acceptors (Lipinski definition) is 7. The Bertz CT molecular complexity index is 1140. The number of amides is 2. The summed E-state index contributed by atoms with van der Waals surface area (Å²) in [4.78, 5) is 28.3. The van der Waals surface area contributed by atoms with Crippen molar-refractivity contribution in [2.24, 2.45) is 11.0 Å². The van der Waals surface area contributed by atoms with Crippen LogP contribution in [0.1, 0.15) is 42.9 Å². The van der Waals surface area contributed by atoms with Crippen molar-refractivity contribution in [2.45, 2.75) is 31.7 Å². The molecule has 5 rings (SSSR count). The van der Waals surface area contributed by atoms with Crippen LogP contribution in [-0.4, -0.2) is 68.1 Å². The third-order valence-electron chi connectivity index (χ3n) is 7.03. The highest BCUT2D eigenvalue weighted by molar-refractivity contribution is 6.03. The molecule has 3 aliphatic rings. The van der Waals surface area contributed by atoms with Crippen molar-refractivity contribution in [3.63, 3.8) is 0 Å². The van der Waals surface area contributed by atoms with E-state index >= 15 is 0 Å². The third-order valence-corrected chi connectivity index (χ3v) is 7.03. The van der Waals surface area contributed by atoms with Gasteiger partial charge in [-0.05, 0) is 60.4 Å². The van der Waals surface area contributed by atoms with Gasteiger partial charge in [0.1, 0.15) is 12.3 Å². The Morgan fingerprint density at radius 1 is 1.08 bits per heavy atom. The van der Waals surface area contributed by atoms with Crippen LogP contribution in [0, 0.1) is 5.92 Å². The summed E-state index contributed by atoms with van der Waals surface area (Å²) in [5.41, 5.74) is 2.61. The van der Waals surface area contributed by atoms with E-state index in [0.717, 1.165) is 41.9 Å². The fourth-order valence-electron chi connectivity index (χ4n) is 4.70. The van der Waals surface area contributed by atoms with Crippen LogP contribution >= 0.6 is 0 Å². The van der Waals surface area contributed by atoms with Gasteiger partial charge in [-0.15, -0.1) is 0 Å². The first-order valence-corrected chi connectivity index (χ1v) is 12.3. The standard InChI is InChI=1S/C27H31N3O6/c1-33-13-12-29(27(32)19-4-3-5-19)16-26(31)30-23(20-8-11-24-25(14-20)36-17-35-24)15-22(28-30)18-6-9-21(34-2)10-7-18/h6-11,14,19,23H,3-5,12-13,15-17H2,1-2H3/t23-/m0/s1. The topological polar surface area (TPSA) is 89.9 Å². The van der Waals surface area contributed by atoms with Crippen LogP contribution in [0.25, 0.3) is 0 Å². The van der Waals surface area contributed by atoms with Crippen LogP contribution in [0.5, 0.6) is 17.2 Å². The van der Waals surface area contributed by atoms with E-state index in [4.69, 9.17) is 24.0 Å². The zero-order chi connectivity index (χ0) is 25.1. The van der Waals surface area contributed by atoms with Gasteiger partial charge in [-0.1, -0.05) is 12.5 Å². The van der Waals surface area contributed by atoms with Gasteiger partial charge in [-0.2, -0.15) is 5.10 Å². The summed E-state index contributed by atoms with van der Waals surface area (Å²) in [6.45, 7) is 0.878. The van der Waals surface area contributed by atoms with Gasteiger partial charge < -0.3 is 23.8 Å². The van der Waals surface area contributed by atoms with E-state index < -0.39 is 0 Å². The molecule has 0 saturated heterocycles. The molecular weight excluding hydrogens is 462 g/mol. The molecular formula is C27H31N3O6. The number of ether oxygens (including phenoxy) is 4. The molecule has 190 valence electrons. The van der Waals surface area contributed by atoms with E-state index in [1.54, 1.807) is 19.1 Å². The highest BCUT2D eigenvalue weighted by atomic mass is 16.7. The van der Waals surface area contributed by atoms with Crippen molar-refractivity contribution < 1.29 is 28.5 Å². The highest BCUT2D eigenvalue weighted by Gasteiger charge is 2.36. The SMILES string of the molecule is COCCN(CC(=O)N1N=C(c2ccc(OC)cc2)C[C@H]1c1ccc2c(c1)OCO2)C(=O)C1CCC1. The van der Waals surface area contributed by atoms with Gasteiger partial charge in [0.15, 0.2) is 11.5 Å². The molecule has 1 saturated carbocycles. The maximum Gasteiger partial charge on any atom is 0.262 e. The van der Waals surface area contributed by atoms with E-state index in [9.17, 15) is 9.59 Å². The summed E-state index contributed by atoms with van der Waals surface area (Å²) in [5, 5.41) is 6.27. The first-order valence-electron chi connectivity index (χ1n) is 12.3. The number of carbonyl (C=O) groups is 2. The van der Waals surface area contributed by atoms with Crippen molar-refractivity contribution in [3.05, 3.63) is 53.6 Å². The van der Waals surface area contributed by atoms with Crippen LogP contribution in [0.2, 0.25) is 0 Å². The molecule has 9 nitrogen and oxygen atoms in total. The second kappa shape index (κ2) is 10.6. The van der Waals surface area contributed by atoms with Crippen molar-refractivity contribution >= 4 is 17.5 Å². The number of methoxy groups -OCH3 is 2. The molecule has 0 unspecified atom stereocenters. The second-order valence-electron chi connectivity index (χ2n) is 9.23. The molecule has 1 atom stereocenters. The molecule has 9 heteroatoms. The van der Waals surface area contributed by atoms with E-state index in [-0.39, 0.29) is 37.1 Å². The molecule has 2 amide bonds. The quantitative estimate of drug-likeness (QED) is 0.532.